The fourth-order valence-corrected chi connectivity index (χ4v) is 3.28. The molecule has 2 aromatic rings. The Bertz CT molecular complexity index is 606. The van der Waals surface area contributed by atoms with Crippen LogP contribution in [0.15, 0.2) is 48.5 Å². The number of nitrogens with one attached hydrogen (secondary N) is 1. The number of hydrogen-bond acceptors (Lipinski definition) is 2. The number of likely N-dealkylation sites (tertiary alicyclic amines) is 1. The summed E-state index contributed by atoms with van der Waals surface area (Å²) in [6.07, 6.45) is 2.53. The van der Waals surface area contributed by atoms with Crippen molar-refractivity contribution in [2.24, 2.45) is 0 Å². The summed E-state index contributed by atoms with van der Waals surface area (Å²) in [7, 11) is 0. The van der Waals surface area contributed by atoms with Gasteiger partial charge in [0.1, 0.15) is 5.82 Å². The Morgan fingerprint density at radius 3 is 2.30 bits per heavy atom. The molecular formula is C19H22ClFN2. The second-order valence-electron chi connectivity index (χ2n) is 6.07. The number of rotatable bonds is 6. The van der Waals surface area contributed by atoms with E-state index in [4.69, 9.17) is 11.6 Å². The van der Waals surface area contributed by atoms with Crippen molar-refractivity contribution >= 4 is 11.6 Å². The van der Waals surface area contributed by atoms with Crippen molar-refractivity contribution in [3.8, 4) is 0 Å². The van der Waals surface area contributed by atoms with E-state index in [1.54, 1.807) is 0 Å². The molecule has 1 aliphatic rings. The standard InChI is InChI=1S/C19H22ClFN2/c20-17-7-5-16(6-8-17)19(23-11-1-2-12-23)14-22-13-15-3-9-18(21)10-4-15/h3-10,19,22H,1-2,11-14H2. The predicted octanol–water partition coefficient (Wildman–Crippen LogP) is 4.41. The topological polar surface area (TPSA) is 15.3 Å². The lowest BCUT2D eigenvalue weighted by molar-refractivity contribution is 0.238. The Hall–Kier alpha value is -1.42. The normalized spacial score (nSPS) is 16.6. The van der Waals surface area contributed by atoms with Crippen molar-refractivity contribution in [1.29, 1.82) is 0 Å². The molecule has 1 unspecified atom stereocenters. The molecule has 1 atom stereocenters. The number of nitrogens with zero attached hydrogens (tertiary/aromatic N) is 1. The molecule has 0 aliphatic carbocycles. The molecule has 0 spiro atoms. The van der Waals surface area contributed by atoms with Crippen LogP contribution in [0, 0.1) is 5.82 Å². The first-order valence-corrected chi connectivity index (χ1v) is 8.55. The molecule has 1 N–H and O–H groups in total. The molecular weight excluding hydrogens is 311 g/mol. The van der Waals surface area contributed by atoms with Gasteiger partial charge in [-0.1, -0.05) is 35.9 Å². The maximum absolute atomic E-state index is 13.0. The summed E-state index contributed by atoms with van der Waals surface area (Å²) in [5.74, 6) is -0.190. The molecule has 2 aromatic carbocycles. The maximum atomic E-state index is 13.0. The number of halogens is 2. The molecule has 23 heavy (non-hydrogen) atoms. The predicted molar refractivity (Wildman–Crippen MR) is 93.1 cm³/mol. The van der Waals surface area contributed by atoms with Crippen LogP contribution < -0.4 is 5.32 Å². The van der Waals surface area contributed by atoms with E-state index in [0.717, 1.165) is 36.8 Å². The summed E-state index contributed by atoms with van der Waals surface area (Å²) in [4.78, 5) is 2.53. The molecule has 3 rings (SSSR count). The Morgan fingerprint density at radius 2 is 1.65 bits per heavy atom. The van der Waals surface area contributed by atoms with Crippen molar-refractivity contribution in [3.63, 3.8) is 0 Å². The SMILES string of the molecule is Fc1ccc(CNCC(c2ccc(Cl)cc2)N2CCCC2)cc1. The van der Waals surface area contributed by atoms with Gasteiger partial charge in [0.05, 0.1) is 0 Å². The fraction of sp³-hybridized carbons (Fsp3) is 0.368. The van der Waals surface area contributed by atoms with Crippen molar-refractivity contribution < 1.29 is 4.39 Å². The molecule has 0 amide bonds. The number of benzene rings is 2. The monoisotopic (exact) mass is 332 g/mol. The first-order valence-electron chi connectivity index (χ1n) is 8.17. The molecule has 1 fully saturated rings. The highest BCUT2D eigenvalue weighted by Gasteiger charge is 2.23. The molecule has 2 nitrogen and oxygen atoms in total. The molecule has 0 aromatic heterocycles. The summed E-state index contributed by atoms with van der Waals surface area (Å²) < 4.78 is 13.0. The zero-order valence-electron chi connectivity index (χ0n) is 13.1. The van der Waals surface area contributed by atoms with Gasteiger partial charge in [-0.15, -0.1) is 0 Å². The summed E-state index contributed by atoms with van der Waals surface area (Å²) in [6.45, 7) is 3.91. The summed E-state index contributed by atoms with van der Waals surface area (Å²) in [5.41, 5.74) is 2.39. The minimum Gasteiger partial charge on any atom is -0.311 e. The van der Waals surface area contributed by atoms with Crippen LogP contribution in [0.5, 0.6) is 0 Å². The van der Waals surface area contributed by atoms with Gasteiger partial charge < -0.3 is 5.32 Å². The molecule has 0 saturated carbocycles. The molecule has 0 bridgehead atoms. The molecule has 1 aliphatic heterocycles. The van der Waals surface area contributed by atoms with Crippen LogP contribution >= 0.6 is 11.6 Å². The maximum Gasteiger partial charge on any atom is 0.123 e. The van der Waals surface area contributed by atoms with Crippen molar-refractivity contribution in [2.75, 3.05) is 19.6 Å². The van der Waals surface area contributed by atoms with Crippen molar-refractivity contribution in [2.45, 2.75) is 25.4 Å². The van der Waals surface area contributed by atoms with Gasteiger partial charge in [0.2, 0.25) is 0 Å². The average Bonchev–Trinajstić information content (AvgIpc) is 3.09. The van der Waals surface area contributed by atoms with Crippen molar-refractivity contribution in [3.05, 3.63) is 70.5 Å². The first kappa shape index (κ1) is 16.4. The van der Waals surface area contributed by atoms with E-state index in [9.17, 15) is 4.39 Å². The molecule has 122 valence electrons. The van der Waals surface area contributed by atoms with E-state index in [0.29, 0.717) is 6.04 Å². The van der Waals surface area contributed by atoms with E-state index >= 15 is 0 Å². The third-order valence-corrected chi connectivity index (χ3v) is 4.67. The highest BCUT2D eigenvalue weighted by Crippen LogP contribution is 2.25. The zero-order chi connectivity index (χ0) is 16.1. The van der Waals surface area contributed by atoms with Crippen LogP contribution in [0.3, 0.4) is 0 Å². The van der Waals surface area contributed by atoms with Gasteiger partial charge in [-0.05, 0) is 61.3 Å². The Kier molecular flexibility index (Phi) is 5.65. The third kappa shape index (κ3) is 4.54. The van der Waals surface area contributed by atoms with Crippen LogP contribution in [0.25, 0.3) is 0 Å². The first-order chi connectivity index (χ1) is 11.2. The summed E-state index contributed by atoms with van der Waals surface area (Å²) >= 11 is 6.01. The minimum atomic E-state index is -0.190. The van der Waals surface area contributed by atoms with Crippen LogP contribution in [-0.2, 0) is 6.54 Å². The highest BCUT2D eigenvalue weighted by molar-refractivity contribution is 6.30. The van der Waals surface area contributed by atoms with Crippen LogP contribution in [0.1, 0.15) is 30.0 Å². The average molecular weight is 333 g/mol. The van der Waals surface area contributed by atoms with Gasteiger partial charge in [0.25, 0.3) is 0 Å². The fourth-order valence-electron chi connectivity index (χ4n) is 3.15. The zero-order valence-corrected chi connectivity index (χ0v) is 13.9. The summed E-state index contributed by atoms with van der Waals surface area (Å²) in [6, 6.07) is 15.2. The molecule has 1 saturated heterocycles. The van der Waals surface area contributed by atoms with E-state index in [1.807, 2.05) is 24.3 Å². The van der Waals surface area contributed by atoms with Gasteiger partial charge in [-0.25, -0.2) is 4.39 Å². The largest absolute Gasteiger partial charge is 0.311 e. The highest BCUT2D eigenvalue weighted by atomic mass is 35.5. The molecule has 1 heterocycles. The van der Waals surface area contributed by atoms with Crippen LogP contribution in [0.2, 0.25) is 5.02 Å². The van der Waals surface area contributed by atoms with E-state index in [-0.39, 0.29) is 5.82 Å². The van der Waals surface area contributed by atoms with E-state index in [1.165, 1.54) is 30.5 Å². The Morgan fingerprint density at radius 1 is 1.00 bits per heavy atom. The van der Waals surface area contributed by atoms with Crippen molar-refractivity contribution in [1.82, 2.24) is 10.2 Å². The molecule has 0 radical (unpaired) electrons. The van der Waals surface area contributed by atoms with Gasteiger partial charge in [0.15, 0.2) is 0 Å². The van der Waals surface area contributed by atoms with Gasteiger partial charge in [0, 0.05) is 24.2 Å². The lowest BCUT2D eigenvalue weighted by atomic mass is 10.1. The van der Waals surface area contributed by atoms with Gasteiger partial charge in [-0.2, -0.15) is 0 Å². The van der Waals surface area contributed by atoms with Crippen LogP contribution in [-0.4, -0.2) is 24.5 Å². The summed E-state index contributed by atoms with van der Waals surface area (Å²) in [5, 5.41) is 4.29. The third-order valence-electron chi connectivity index (χ3n) is 4.42. The Labute approximate surface area is 142 Å². The van der Waals surface area contributed by atoms with E-state index < -0.39 is 0 Å². The second-order valence-corrected chi connectivity index (χ2v) is 6.50. The van der Waals surface area contributed by atoms with Gasteiger partial charge >= 0.3 is 0 Å². The Balaban J connectivity index is 1.63. The van der Waals surface area contributed by atoms with E-state index in [2.05, 4.69) is 22.3 Å². The molecule has 4 heteroatoms. The quantitative estimate of drug-likeness (QED) is 0.843. The smallest absolute Gasteiger partial charge is 0.123 e. The van der Waals surface area contributed by atoms with Gasteiger partial charge in [-0.3, -0.25) is 4.90 Å². The lowest BCUT2D eigenvalue weighted by Gasteiger charge is -2.28. The van der Waals surface area contributed by atoms with Crippen LogP contribution in [0.4, 0.5) is 4.39 Å². The number of hydrogen-bond donors (Lipinski definition) is 1. The minimum absolute atomic E-state index is 0.190. The second kappa shape index (κ2) is 7.91. The lowest BCUT2D eigenvalue weighted by Crippen LogP contribution is -2.34.